The lowest BCUT2D eigenvalue weighted by atomic mass is 10.00. The number of aryl methyl sites for hydroxylation is 1. The van der Waals surface area contributed by atoms with E-state index in [1.807, 2.05) is 6.07 Å². The summed E-state index contributed by atoms with van der Waals surface area (Å²) < 4.78 is 24.5. The van der Waals surface area contributed by atoms with Crippen molar-refractivity contribution in [2.24, 2.45) is 0 Å². The first kappa shape index (κ1) is 18.2. The summed E-state index contributed by atoms with van der Waals surface area (Å²) in [5.74, 6) is -0.925. The topological polar surface area (TPSA) is 64.6 Å². The largest absolute Gasteiger partial charge is 0.467 e. The molecule has 0 unspecified atom stereocenters. The van der Waals surface area contributed by atoms with Crippen molar-refractivity contribution in [1.82, 2.24) is 5.32 Å². The van der Waals surface area contributed by atoms with Gasteiger partial charge in [-0.3, -0.25) is 0 Å². The van der Waals surface area contributed by atoms with E-state index in [0.29, 0.717) is 17.5 Å². The smallest absolute Gasteiger partial charge is 0.408 e. The number of nitrogens with one attached hydrogen (secondary N) is 1. The Morgan fingerprint density at radius 1 is 1.29 bits per heavy atom. The van der Waals surface area contributed by atoms with Crippen LogP contribution in [-0.2, 0) is 33.5 Å². The first-order valence-corrected chi connectivity index (χ1v) is 8.07. The fourth-order valence-electron chi connectivity index (χ4n) is 2.83. The van der Waals surface area contributed by atoms with E-state index in [4.69, 9.17) is 9.47 Å². The van der Waals surface area contributed by atoms with E-state index in [-0.39, 0.29) is 12.2 Å². The van der Waals surface area contributed by atoms with Crippen LogP contribution in [0, 0.1) is 5.82 Å². The Balaban J connectivity index is 2.15. The fraction of sp³-hybridized carbons (Fsp3) is 0.556. The number of hydrogen-bond acceptors (Lipinski definition) is 4. The molecule has 5 nitrogen and oxygen atoms in total. The maximum Gasteiger partial charge on any atom is 0.408 e. The average molecular weight is 337 g/mol. The molecule has 1 amide bonds. The van der Waals surface area contributed by atoms with Crippen LogP contribution in [0.4, 0.5) is 9.18 Å². The molecule has 24 heavy (non-hydrogen) atoms. The van der Waals surface area contributed by atoms with Crippen LogP contribution in [0.25, 0.3) is 0 Å². The van der Waals surface area contributed by atoms with Crippen molar-refractivity contribution >= 4 is 12.1 Å². The van der Waals surface area contributed by atoms with E-state index >= 15 is 0 Å². The van der Waals surface area contributed by atoms with Gasteiger partial charge < -0.3 is 14.8 Å². The molecule has 0 saturated carbocycles. The Labute approximate surface area is 141 Å². The molecule has 0 bridgehead atoms. The summed E-state index contributed by atoms with van der Waals surface area (Å²) in [7, 11) is 1.23. The van der Waals surface area contributed by atoms with Crippen LogP contribution in [0.5, 0.6) is 0 Å². The van der Waals surface area contributed by atoms with E-state index in [0.717, 1.165) is 18.4 Å². The quantitative estimate of drug-likeness (QED) is 0.858. The van der Waals surface area contributed by atoms with Gasteiger partial charge in [0.15, 0.2) is 0 Å². The molecule has 1 atom stereocenters. The van der Waals surface area contributed by atoms with Crippen LogP contribution in [0.15, 0.2) is 12.1 Å². The van der Waals surface area contributed by atoms with Crippen molar-refractivity contribution in [3.05, 3.63) is 34.6 Å². The number of esters is 1. The highest BCUT2D eigenvalue weighted by Crippen LogP contribution is 2.27. The van der Waals surface area contributed by atoms with Gasteiger partial charge >= 0.3 is 12.1 Å². The number of carbonyl (C=O) groups is 2. The van der Waals surface area contributed by atoms with Crippen LogP contribution in [-0.4, -0.2) is 30.8 Å². The number of hydrogen-bond donors (Lipinski definition) is 1. The predicted molar refractivity (Wildman–Crippen MR) is 87.3 cm³/mol. The van der Waals surface area contributed by atoms with Crippen molar-refractivity contribution in [3.8, 4) is 0 Å². The summed E-state index contributed by atoms with van der Waals surface area (Å²) in [4.78, 5) is 23.9. The predicted octanol–water partition coefficient (Wildman–Crippen LogP) is 2.92. The molecule has 1 aliphatic carbocycles. The van der Waals surface area contributed by atoms with E-state index in [9.17, 15) is 14.0 Å². The molecule has 0 spiro atoms. The van der Waals surface area contributed by atoms with Crippen molar-refractivity contribution in [2.45, 2.75) is 58.1 Å². The zero-order valence-corrected chi connectivity index (χ0v) is 14.6. The molecule has 1 aromatic carbocycles. The monoisotopic (exact) mass is 337 g/mol. The first-order valence-electron chi connectivity index (χ1n) is 8.07. The SMILES string of the molecule is COC(=O)[C@H](Cc1ccc2c(c1F)CCC2)NC(=O)OC(C)(C)C. The lowest BCUT2D eigenvalue weighted by Gasteiger charge is -2.23. The molecule has 6 heteroatoms. The van der Waals surface area contributed by atoms with Gasteiger partial charge in [-0.15, -0.1) is 0 Å². The average Bonchev–Trinajstić information content (AvgIpc) is 2.95. The minimum atomic E-state index is -1.00. The highest BCUT2D eigenvalue weighted by Gasteiger charge is 2.27. The van der Waals surface area contributed by atoms with E-state index in [1.165, 1.54) is 7.11 Å². The molecule has 0 aliphatic heterocycles. The molecule has 132 valence electrons. The second kappa shape index (κ2) is 7.20. The lowest BCUT2D eigenvalue weighted by molar-refractivity contribution is -0.143. The first-order chi connectivity index (χ1) is 11.2. The van der Waals surface area contributed by atoms with Gasteiger partial charge in [0.1, 0.15) is 17.5 Å². The molecular weight excluding hydrogens is 313 g/mol. The van der Waals surface area contributed by atoms with Gasteiger partial charge in [0.2, 0.25) is 0 Å². The third-order valence-corrected chi connectivity index (χ3v) is 3.89. The number of benzene rings is 1. The van der Waals surface area contributed by atoms with Gasteiger partial charge in [-0.25, -0.2) is 14.0 Å². The fourth-order valence-corrected chi connectivity index (χ4v) is 2.83. The van der Waals surface area contributed by atoms with Gasteiger partial charge in [0.05, 0.1) is 7.11 Å². The second-order valence-corrected chi connectivity index (χ2v) is 6.96. The minimum absolute atomic E-state index is 0.0189. The Hall–Kier alpha value is -2.11. The van der Waals surface area contributed by atoms with Crippen LogP contribution < -0.4 is 5.32 Å². The Kier molecular flexibility index (Phi) is 5.47. The molecule has 0 saturated heterocycles. The Bertz CT molecular complexity index is 637. The van der Waals surface area contributed by atoms with Gasteiger partial charge in [0, 0.05) is 6.42 Å². The summed E-state index contributed by atoms with van der Waals surface area (Å²) in [5, 5.41) is 2.47. The summed E-state index contributed by atoms with van der Waals surface area (Å²) in [6.07, 6.45) is 1.80. The molecule has 1 aliphatic rings. The number of alkyl carbamates (subject to hydrolysis) is 1. The standard InChI is InChI=1S/C18H24FNO4/c1-18(2,3)24-17(22)20-14(16(21)23-4)10-12-9-8-11-6-5-7-13(11)15(12)19/h8-9,14H,5-7,10H2,1-4H3,(H,20,22)/t14-/m0/s1. The van der Waals surface area contributed by atoms with Crippen molar-refractivity contribution in [1.29, 1.82) is 0 Å². The number of ether oxygens (including phenoxy) is 2. The molecule has 0 aromatic heterocycles. The van der Waals surface area contributed by atoms with Gasteiger partial charge in [-0.2, -0.15) is 0 Å². The lowest BCUT2D eigenvalue weighted by Crippen LogP contribution is -2.45. The van der Waals surface area contributed by atoms with Crippen LogP contribution in [0.1, 0.15) is 43.9 Å². The third kappa shape index (κ3) is 4.46. The summed E-state index contributed by atoms with van der Waals surface area (Å²) in [6.45, 7) is 5.17. The summed E-state index contributed by atoms with van der Waals surface area (Å²) in [6, 6.07) is 2.56. The highest BCUT2D eigenvalue weighted by atomic mass is 19.1. The second-order valence-electron chi connectivity index (χ2n) is 6.96. The number of halogens is 1. The van der Waals surface area contributed by atoms with Crippen LogP contribution >= 0.6 is 0 Å². The van der Waals surface area contributed by atoms with Crippen molar-refractivity contribution in [3.63, 3.8) is 0 Å². The van der Waals surface area contributed by atoms with E-state index < -0.39 is 23.7 Å². The van der Waals surface area contributed by atoms with E-state index in [1.54, 1.807) is 26.8 Å². The Morgan fingerprint density at radius 2 is 2.00 bits per heavy atom. The minimum Gasteiger partial charge on any atom is -0.467 e. The number of fused-ring (bicyclic) bond motifs is 1. The van der Waals surface area contributed by atoms with Gasteiger partial charge in [-0.05, 0) is 56.7 Å². The zero-order valence-electron chi connectivity index (χ0n) is 14.6. The molecule has 0 heterocycles. The normalized spacial score (nSPS) is 14.7. The maximum atomic E-state index is 14.6. The Morgan fingerprint density at radius 3 is 2.62 bits per heavy atom. The van der Waals surface area contributed by atoms with Crippen LogP contribution in [0.2, 0.25) is 0 Å². The van der Waals surface area contributed by atoms with Crippen LogP contribution in [0.3, 0.4) is 0 Å². The van der Waals surface area contributed by atoms with Gasteiger partial charge in [0.25, 0.3) is 0 Å². The molecular formula is C18H24FNO4. The molecule has 0 fully saturated rings. The molecule has 1 N–H and O–H groups in total. The van der Waals surface area contributed by atoms with Crippen molar-refractivity contribution in [2.75, 3.05) is 7.11 Å². The third-order valence-electron chi connectivity index (χ3n) is 3.89. The number of amides is 1. The van der Waals surface area contributed by atoms with Crippen molar-refractivity contribution < 1.29 is 23.5 Å². The summed E-state index contributed by atoms with van der Waals surface area (Å²) >= 11 is 0. The van der Waals surface area contributed by atoms with Gasteiger partial charge in [-0.1, -0.05) is 12.1 Å². The molecule has 2 rings (SSSR count). The number of carbonyl (C=O) groups excluding carboxylic acids is 2. The number of methoxy groups -OCH3 is 1. The molecule has 1 aromatic rings. The zero-order chi connectivity index (χ0) is 17.9. The maximum absolute atomic E-state index is 14.6. The molecule has 0 radical (unpaired) electrons. The summed E-state index contributed by atoms with van der Waals surface area (Å²) in [5.41, 5.74) is 1.44. The highest BCUT2D eigenvalue weighted by molar-refractivity contribution is 5.81. The van der Waals surface area contributed by atoms with E-state index in [2.05, 4.69) is 5.32 Å². The number of rotatable bonds is 4.